The number of aromatic amines is 1. The van der Waals surface area contributed by atoms with E-state index in [2.05, 4.69) is 15.0 Å². The predicted octanol–water partition coefficient (Wildman–Crippen LogP) is 3.18. The second-order valence-corrected chi connectivity index (χ2v) is 8.80. The Hall–Kier alpha value is -3.00. The minimum Gasteiger partial charge on any atom is -0.497 e. The standard InChI is InChI=1S/C22H24N4O3S/c1-12-21(30-14(3)23-12)22(28)26-10-17(15-5-7-16(29-4)8-6-15)18(11-26)19-9-20(27)25-13(2)24-19/h5-9,17-18H,10-11H2,1-4H3,(H,24,25,27)/t17-,18+/m0/s1. The molecule has 3 heterocycles. The van der Waals surface area contributed by atoms with Crippen molar-refractivity contribution in [3.63, 3.8) is 0 Å². The molecule has 156 valence electrons. The highest BCUT2D eigenvalue weighted by molar-refractivity contribution is 7.13. The van der Waals surface area contributed by atoms with Gasteiger partial charge in [-0.1, -0.05) is 12.1 Å². The predicted molar refractivity (Wildman–Crippen MR) is 116 cm³/mol. The summed E-state index contributed by atoms with van der Waals surface area (Å²) in [6.45, 7) is 6.60. The van der Waals surface area contributed by atoms with E-state index in [1.54, 1.807) is 20.1 Å². The van der Waals surface area contributed by atoms with Crippen molar-refractivity contribution in [2.24, 2.45) is 0 Å². The number of carbonyl (C=O) groups is 1. The van der Waals surface area contributed by atoms with E-state index in [9.17, 15) is 9.59 Å². The van der Waals surface area contributed by atoms with Crippen molar-refractivity contribution < 1.29 is 9.53 Å². The van der Waals surface area contributed by atoms with Gasteiger partial charge in [0.15, 0.2) is 0 Å². The number of likely N-dealkylation sites (tertiary alicyclic amines) is 1. The van der Waals surface area contributed by atoms with Gasteiger partial charge in [0.05, 0.1) is 23.5 Å². The van der Waals surface area contributed by atoms with Crippen LogP contribution in [0.1, 0.15) is 49.3 Å². The van der Waals surface area contributed by atoms with Gasteiger partial charge in [0.1, 0.15) is 16.5 Å². The molecule has 0 saturated carbocycles. The van der Waals surface area contributed by atoms with E-state index in [4.69, 9.17) is 4.74 Å². The normalized spacial score (nSPS) is 18.6. The molecule has 1 aliphatic rings. The first-order valence-corrected chi connectivity index (χ1v) is 10.6. The number of ether oxygens (including phenoxy) is 1. The number of H-pyrrole nitrogens is 1. The number of thiazole rings is 1. The van der Waals surface area contributed by atoms with Gasteiger partial charge < -0.3 is 14.6 Å². The summed E-state index contributed by atoms with van der Waals surface area (Å²) in [4.78, 5) is 39.6. The Bertz CT molecular complexity index is 1140. The van der Waals surface area contributed by atoms with Crippen LogP contribution >= 0.6 is 11.3 Å². The van der Waals surface area contributed by atoms with Gasteiger partial charge in [-0.2, -0.15) is 0 Å². The van der Waals surface area contributed by atoms with Crippen LogP contribution in [0, 0.1) is 20.8 Å². The molecule has 4 rings (SSSR count). The Morgan fingerprint density at radius 3 is 2.43 bits per heavy atom. The van der Waals surface area contributed by atoms with Crippen LogP contribution in [0.25, 0.3) is 0 Å². The quantitative estimate of drug-likeness (QED) is 0.695. The number of rotatable bonds is 4. The minimum atomic E-state index is -0.176. The third-order valence-electron chi connectivity index (χ3n) is 5.51. The average molecular weight is 425 g/mol. The molecule has 8 heteroatoms. The third-order valence-corrected chi connectivity index (χ3v) is 6.57. The van der Waals surface area contributed by atoms with Gasteiger partial charge in [0, 0.05) is 31.0 Å². The van der Waals surface area contributed by atoms with Crippen LogP contribution in [-0.2, 0) is 0 Å². The van der Waals surface area contributed by atoms with Gasteiger partial charge in [-0.05, 0) is 38.5 Å². The van der Waals surface area contributed by atoms with Gasteiger partial charge in [0.2, 0.25) is 0 Å². The van der Waals surface area contributed by atoms with E-state index in [1.807, 2.05) is 43.0 Å². The van der Waals surface area contributed by atoms with Gasteiger partial charge in [-0.15, -0.1) is 11.3 Å². The molecule has 1 saturated heterocycles. The Labute approximate surface area is 178 Å². The zero-order valence-corrected chi connectivity index (χ0v) is 18.2. The Morgan fingerprint density at radius 1 is 1.13 bits per heavy atom. The molecule has 7 nitrogen and oxygen atoms in total. The van der Waals surface area contributed by atoms with Crippen molar-refractivity contribution >= 4 is 17.2 Å². The monoisotopic (exact) mass is 424 g/mol. The molecule has 0 bridgehead atoms. The molecule has 2 atom stereocenters. The lowest BCUT2D eigenvalue weighted by Gasteiger charge is -2.18. The fraction of sp³-hybridized carbons (Fsp3) is 0.364. The fourth-order valence-corrected chi connectivity index (χ4v) is 5.01. The molecule has 2 aromatic heterocycles. The van der Waals surface area contributed by atoms with Gasteiger partial charge in [0.25, 0.3) is 11.5 Å². The molecule has 1 aromatic carbocycles. The highest BCUT2D eigenvalue weighted by atomic mass is 32.1. The van der Waals surface area contributed by atoms with Crippen LogP contribution in [-0.4, -0.2) is 46.0 Å². The number of nitrogens with one attached hydrogen (secondary N) is 1. The van der Waals surface area contributed by atoms with Crippen molar-refractivity contribution in [3.8, 4) is 5.75 Å². The summed E-state index contributed by atoms with van der Waals surface area (Å²) >= 11 is 1.42. The van der Waals surface area contributed by atoms with Crippen molar-refractivity contribution in [2.45, 2.75) is 32.6 Å². The molecule has 1 N–H and O–H groups in total. The number of methoxy groups -OCH3 is 1. The molecule has 30 heavy (non-hydrogen) atoms. The molecule has 0 spiro atoms. The van der Waals surface area contributed by atoms with E-state index in [1.165, 1.54) is 11.3 Å². The van der Waals surface area contributed by atoms with E-state index >= 15 is 0 Å². The number of benzene rings is 1. The number of nitrogens with zero attached hydrogens (tertiary/aromatic N) is 3. The summed E-state index contributed by atoms with van der Waals surface area (Å²) in [7, 11) is 1.64. The van der Waals surface area contributed by atoms with E-state index in [0.717, 1.165) is 22.0 Å². The molecule has 0 unspecified atom stereocenters. The summed E-state index contributed by atoms with van der Waals surface area (Å²) in [6, 6.07) is 9.43. The second kappa shape index (κ2) is 8.02. The molecular formula is C22H24N4O3S. The summed E-state index contributed by atoms with van der Waals surface area (Å²) in [5, 5.41) is 0.880. The van der Waals surface area contributed by atoms with E-state index in [0.29, 0.717) is 29.5 Å². The van der Waals surface area contributed by atoms with Crippen LogP contribution < -0.4 is 10.3 Å². The van der Waals surface area contributed by atoms with Gasteiger partial charge >= 0.3 is 0 Å². The summed E-state index contributed by atoms with van der Waals surface area (Å²) in [5.74, 6) is 1.30. The maximum absolute atomic E-state index is 13.3. The van der Waals surface area contributed by atoms with Crippen LogP contribution in [0.4, 0.5) is 0 Å². The highest BCUT2D eigenvalue weighted by Crippen LogP contribution is 2.40. The molecule has 1 amide bonds. The Balaban J connectivity index is 1.71. The van der Waals surface area contributed by atoms with Crippen LogP contribution in [0.15, 0.2) is 35.1 Å². The molecule has 3 aromatic rings. The first-order chi connectivity index (χ1) is 14.4. The summed E-state index contributed by atoms with van der Waals surface area (Å²) in [5.41, 5.74) is 2.39. The van der Waals surface area contributed by atoms with Gasteiger partial charge in [-0.3, -0.25) is 9.59 Å². The number of carbonyl (C=O) groups excluding carboxylic acids is 1. The maximum Gasteiger partial charge on any atom is 0.265 e. The van der Waals surface area contributed by atoms with Crippen molar-refractivity contribution in [1.82, 2.24) is 19.9 Å². The molecule has 0 radical (unpaired) electrons. The lowest BCUT2D eigenvalue weighted by molar-refractivity contribution is 0.0793. The number of hydrogen-bond donors (Lipinski definition) is 1. The third kappa shape index (κ3) is 3.87. The lowest BCUT2D eigenvalue weighted by Crippen LogP contribution is -2.28. The zero-order chi connectivity index (χ0) is 21.4. The van der Waals surface area contributed by atoms with Gasteiger partial charge in [-0.25, -0.2) is 9.97 Å². The molecule has 1 fully saturated rings. The summed E-state index contributed by atoms with van der Waals surface area (Å²) < 4.78 is 5.28. The van der Waals surface area contributed by atoms with Crippen molar-refractivity contribution in [3.05, 3.63) is 73.3 Å². The van der Waals surface area contributed by atoms with Crippen LogP contribution in [0.3, 0.4) is 0 Å². The average Bonchev–Trinajstić information content (AvgIpc) is 3.30. The Morgan fingerprint density at radius 2 is 1.83 bits per heavy atom. The highest BCUT2D eigenvalue weighted by Gasteiger charge is 2.39. The number of amides is 1. The molecule has 1 aliphatic heterocycles. The first kappa shape index (κ1) is 20.3. The van der Waals surface area contributed by atoms with Crippen LogP contribution in [0.5, 0.6) is 5.75 Å². The van der Waals surface area contributed by atoms with Crippen LogP contribution in [0.2, 0.25) is 0 Å². The fourth-order valence-electron chi connectivity index (χ4n) is 4.12. The largest absolute Gasteiger partial charge is 0.497 e. The maximum atomic E-state index is 13.3. The first-order valence-electron chi connectivity index (χ1n) is 9.81. The number of hydrogen-bond acceptors (Lipinski definition) is 6. The molecule has 0 aliphatic carbocycles. The topological polar surface area (TPSA) is 88.2 Å². The smallest absolute Gasteiger partial charge is 0.265 e. The van der Waals surface area contributed by atoms with E-state index < -0.39 is 0 Å². The minimum absolute atomic E-state index is 0.0133. The van der Waals surface area contributed by atoms with Crippen molar-refractivity contribution in [2.75, 3.05) is 20.2 Å². The van der Waals surface area contributed by atoms with Crippen molar-refractivity contribution in [1.29, 1.82) is 0 Å². The number of aryl methyl sites for hydroxylation is 3. The summed E-state index contributed by atoms with van der Waals surface area (Å²) in [6.07, 6.45) is 0. The number of aromatic nitrogens is 3. The second-order valence-electron chi connectivity index (χ2n) is 7.60. The lowest BCUT2D eigenvalue weighted by atomic mass is 9.86. The zero-order valence-electron chi connectivity index (χ0n) is 17.4. The SMILES string of the molecule is COc1ccc([C@@H]2CN(C(=O)c3sc(C)nc3C)C[C@H]2c2cc(=O)[nH]c(C)n2)cc1. The molecular weight excluding hydrogens is 400 g/mol. The Kier molecular flexibility index (Phi) is 5.42. The van der Waals surface area contributed by atoms with E-state index in [-0.39, 0.29) is 23.3 Å².